The summed E-state index contributed by atoms with van der Waals surface area (Å²) in [6.45, 7) is 24.8. The maximum absolute atomic E-state index is 15.1. The average molecular weight is 1110 g/mol. The minimum atomic E-state index is -1.63. The highest BCUT2D eigenvalue weighted by atomic mass is 16.5. The van der Waals surface area contributed by atoms with Crippen molar-refractivity contribution >= 4 is 65.0 Å². The van der Waals surface area contributed by atoms with Crippen molar-refractivity contribution in [2.75, 3.05) is 54.4 Å². The number of likely N-dealkylation sites (N-methyl/N-ethyl adjacent to an activating group) is 4. The fourth-order valence-electron chi connectivity index (χ4n) is 12.1. The molecule has 446 valence electrons. The van der Waals surface area contributed by atoms with Crippen molar-refractivity contribution in [1.29, 1.82) is 0 Å². The number of rotatable bonds is 12. The summed E-state index contributed by atoms with van der Waals surface area (Å²) in [5.41, 5.74) is 0. The summed E-state index contributed by atoms with van der Waals surface area (Å²) in [6, 6.07) is -10.2. The van der Waals surface area contributed by atoms with Crippen LogP contribution >= 0.6 is 0 Å². The Labute approximate surface area is 469 Å². The summed E-state index contributed by atoms with van der Waals surface area (Å²) in [5, 5.41) is 8.44. The van der Waals surface area contributed by atoms with Crippen molar-refractivity contribution in [2.24, 2.45) is 41.4 Å². The van der Waals surface area contributed by atoms with Gasteiger partial charge in [-0.1, -0.05) is 83.1 Å². The number of hydrogen-bond donors (Lipinski definition) is 3. The van der Waals surface area contributed by atoms with E-state index in [0.29, 0.717) is 12.8 Å². The average Bonchev–Trinajstić information content (AvgIpc) is 4.11. The van der Waals surface area contributed by atoms with E-state index in [1.165, 1.54) is 71.4 Å². The Morgan fingerprint density at radius 3 is 1.76 bits per heavy atom. The van der Waals surface area contributed by atoms with Gasteiger partial charge in [0.1, 0.15) is 67.0 Å². The lowest BCUT2D eigenvalue weighted by atomic mass is 9.97. The fourth-order valence-corrected chi connectivity index (χ4v) is 12.1. The predicted octanol–water partition coefficient (Wildman–Crippen LogP) is 2.26. The van der Waals surface area contributed by atoms with Gasteiger partial charge in [-0.15, -0.1) is 0 Å². The zero-order chi connectivity index (χ0) is 59.8. The summed E-state index contributed by atoms with van der Waals surface area (Å²) in [4.78, 5) is 169. The number of cyclic esters (lactones) is 1. The van der Waals surface area contributed by atoms with Gasteiger partial charge >= 0.3 is 5.97 Å². The van der Waals surface area contributed by atoms with E-state index in [2.05, 4.69) is 16.0 Å². The van der Waals surface area contributed by atoms with Gasteiger partial charge < -0.3 is 55.0 Å². The molecule has 0 spiro atoms. The minimum Gasteiger partial charge on any atom is -0.459 e. The van der Waals surface area contributed by atoms with Crippen LogP contribution in [0.2, 0.25) is 0 Å². The van der Waals surface area contributed by atoms with Gasteiger partial charge in [0.2, 0.25) is 59.1 Å². The van der Waals surface area contributed by atoms with Gasteiger partial charge in [-0.25, -0.2) is 0 Å². The number of nitrogens with one attached hydrogen (secondary N) is 3. The fraction of sp³-hybridized carbons (Fsp3) is 0.807. The molecule has 4 saturated heterocycles. The summed E-state index contributed by atoms with van der Waals surface area (Å²) >= 11 is 0. The molecule has 1 unspecified atom stereocenters. The number of ether oxygens (including phenoxy) is 1. The highest BCUT2D eigenvalue weighted by molar-refractivity contribution is 5.99. The molecule has 0 bridgehead atoms. The topological polar surface area (TPSA) is 256 Å². The maximum Gasteiger partial charge on any atom is 0.325 e. The van der Waals surface area contributed by atoms with Gasteiger partial charge in [-0.3, -0.25) is 52.7 Å². The zero-order valence-corrected chi connectivity index (χ0v) is 50.6. The molecule has 0 saturated carbocycles. The lowest BCUT2D eigenvalue weighted by molar-refractivity contribution is -0.160. The maximum atomic E-state index is 15.1. The van der Waals surface area contributed by atoms with E-state index in [1.54, 1.807) is 27.7 Å². The Bertz CT molecular complexity index is 2260. The largest absolute Gasteiger partial charge is 0.459 e. The van der Waals surface area contributed by atoms with E-state index in [9.17, 15) is 38.4 Å². The van der Waals surface area contributed by atoms with Crippen LogP contribution in [0.1, 0.15) is 142 Å². The van der Waals surface area contributed by atoms with Crippen LogP contribution in [-0.4, -0.2) is 214 Å². The lowest BCUT2D eigenvalue weighted by Crippen LogP contribution is -2.62. The van der Waals surface area contributed by atoms with Crippen LogP contribution in [0.4, 0.5) is 0 Å². The third-order valence-corrected chi connectivity index (χ3v) is 16.1. The van der Waals surface area contributed by atoms with Crippen LogP contribution < -0.4 is 16.0 Å². The van der Waals surface area contributed by atoms with Crippen molar-refractivity contribution in [3.8, 4) is 0 Å². The molecule has 0 aromatic heterocycles. The van der Waals surface area contributed by atoms with E-state index in [1.807, 2.05) is 55.4 Å². The van der Waals surface area contributed by atoms with Crippen LogP contribution in [0.3, 0.4) is 0 Å². The molecule has 3 N–H and O–H groups in total. The molecule has 4 fully saturated rings. The van der Waals surface area contributed by atoms with Crippen LogP contribution in [0.15, 0.2) is 0 Å². The van der Waals surface area contributed by atoms with Gasteiger partial charge in [0.15, 0.2) is 0 Å². The Kier molecular flexibility index (Phi) is 23.3. The number of nitrogens with zero attached hydrogens (tertiary/aromatic N) is 7. The van der Waals surface area contributed by atoms with E-state index in [-0.39, 0.29) is 93.2 Å². The first kappa shape index (κ1) is 65.7. The molecule has 0 aromatic carbocycles. The van der Waals surface area contributed by atoms with Crippen molar-refractivity contribution < 1.29 is 57.5 Å². The van der Waals surface area contributed by atoms with Crippen LogP contribution in [0, 0.1) is 41.4 Å². The van der Waals surface area contributed by atoms with Crippen molar-refractivity contribution in [3.05, 3.63) is 0 Å². The second-order valence-corrected chi connectivity index (χ2v) is 25.1. The van der Waals surface area contributed by atoms with E-state index in [0.717, 1.165) is 4.90 Å². The Balaban J connectivity index is 1.87. The summed E-state index contributed by atoms with van der Waals surface area (Å²) < 4.78 is 5.91. The first-order valence-corrected chi connectivity index (χ1v) is 28.7. The molecule has 0 radical (unpaired) electrons. The SMILES string of the molecule is CC(=O)N(C)[C@H](C(=O)N1C[C@H](C)C[C@H]1C(=O)N(C)[C@@H]1C(=O)N[C@@H](CC(C)C)C(=O)N2C[C@H](C)C[C@H]2C(=O)NC(CC(C)C)C(=O)N(C)[C@@H](C(C)C)C(=O)N2CCC[C@H]2C(=O)N(C)[C@H](CC(C)C)C(=O)NCC(=O)O[C@@H]1C)C(C)C. The molecule has 0 aromatic rings. The smallest absolute Gasteiger partial charge is 0.325 e. The summed E-state index contributed by atoms with van der Waals surface area (Å²) in [6.07, 6.45) is 0.259. The number of carbonyl (C=O) groups excluding carboxylic acids is 11. The van der Waals surface area contributed by atoms with Crippen LogP contribution in [0.5, 0.6) is 0 Å². The second-order valence-electron chi connectivity index (χ2n) is 25.1. The monoisotopic (exact) mass is 1110 g/mol. The standard InChI is InChI=1S/C57H96N10O12/c1-30(2)22-39-52(73)63(17)47(34(9)10)56(77)65-21-19-20-41(65)54(75)62(16)42(24-32(5)6)49(70)58-27-45(69)79-37(13)48(51(72)60-40(23-31(3)4)53(74)66-28-35(11)25-43(66)50(71)59-39)64(18)55(76)44-26-36(12)29-67(44)57(78)46(33(7)8)61(15)38(14)68/h30-37,39-44,46-48H,19-29H2,1-18H3,(H,58,70)(H,59,71)(H,60,72)/t35-,36-,37-,39?,40+,41+,42-,43+,44+,46+,47+,48+/m1/s1. The number of amides is 10. The van der Waals surface area contributed by atoms with Crippen LogP contribution in [0.25, 0.3) is 0 Å². The third kappa shape index (κ3) is 16.0. The van der Waals surface area contributed by atoms with Gasteiger partial charge in [0.05, 0.1) is 0 Å². The Hall–Kier alpha value is -5.83. The molecule has 4 aliphatic rings. The minimum absolute atomic E-state index is 0.0906. The molecule has 10 amide bonds. The number of fused-ring (bicyclic) bond motifs is 2. The number of hydrogen-bond acceptors (Lipinski definition) is 12. The molecule has 4 heterocycles. The molecule has 79 heavy (non-hydrogen) atoms. The third-order valence-electron chi connectivity index (χ3n) is 16.1. The van der Waals surface area contributed by atoms with E-state index < -0.39 is 132 Å². The molecule has 0 aliphatic carbocycles. The number of esters is 1. The number of carbonyl (C=O) groups is 11. The molecule has 4 rings (SSSR count). The molecule has 22 nitrogen and oxygen atoms in total. The Morgan fingerprint density at radius 1 is 0.658 bits per heavy atom. The van der Waals surface area contributed by atoms with Gasteiger partial charge in [0.25, 0.3) is 0 Å². The summed E-state index contributed by atoms with van der Waals surface area (Å²) in [5.74, 6) is -8.16. The summed E-state index contributed by atoms with van der Waals surface area (Å²) in [7, 11) is 5.86. The molecule has 22 heteroatoms. The highest BCUT2D eigenvalue weighted by Crippen LogP contribution is 2.31. The van der Waals surface area contributed by atoms with Gasteiger partial charge in [0, 0.05) is 54.7 Å². The molecule has 12 atom stereocenters. The first-order valence-electron chi connectivity index (χ1n) is 28.7. The van der Waals surface area contributed by atoms with E-state index in [4.69, 9.17) is 4.74 Å². The van der Waals surface area contributed by atoms with Crippen molar-refractivity contribution in [3.63, 3.8) is 0 Å². The normalized spacial score (nSPS) is 29.2. The lowest BCUT2D eigenvalue weighted by Gasteiger charge is -2.38. The Morgan fingerprint density at radius 2 is 1.22 bits per heavy atom. The quantitative estimate of drug-likeness (QED) is 0.238. The first-order chi connectivity index (χ1) is 36.7. The second kappa shape index (κ2) is 28.0. The van der Waals surface area contributed by atoms with Crippen molar-refractivity contribution in [2.45, 2.75) is 202 Å². The molecular formula is C57H96N10O12. The highest BCUT2D eigenvalue weighted by Gasteiger charge is 2.49. The van der Waals surface area contributed by atoms with Crippen molar-refractivity contribution in [1.82, 2.24) is 50.2 Å². The van der Waals surface area contributed by atoms with Gasteiger partial charge in [-0.05, 0) is 93.3 Å². The molecule has 4 aliphatic heterocycles. The van der Waals surface area contributed by atoms with Gasteiger partial charge in [-0.2, -0.15) is 0 Å². The number of likely N-dealkylation sites (tertiary alicyclic amines) is 1. The van der Waals surface area contributed by atoms with Crippen LogP contribution in [-0.2, 0) is 57.5 Å². The van der Waals surface area contributed by atoms with E-state index >= 15 is 14.4 Å². The predicted molar refractivity (Wildman–Crippen MR) is 296 cm³/mol. The zero-order valence-electron chi connectivity index (χ0n) is 50.6. The molecular weight excluding hydrogens is 1020 g/mol.